The summed E-state index contributed by atoms with van der Waals surface area (Å²) in [5.74, 6) is -2.28. The summed E-state index contributed by atoms with van der Waals surface area (Å²) >= 11 is 0.284. The molecule has 24 nitrogen and oxygen atoms in total. The van der Waals surface area contributed by atoms with E-state index in [2.05, 4.69) is 43.4 Å². The van der Waals surface area contributed by atoms with Gasteiger partial charge in [0.25, 0.3) is 0 Å². The quantitative estimate of drug-likeness (QED) is 0.00955. The molecule has 0 aliphatic heterocycles. The van der Waals surface area contributed by atoms with Crippen LogP contribution in [0.1, 0.15) is 7.43 Å². The zero-order valence-electron chi connectivity index (χ0n) is 31.2. The van der Waals surface area contributed by atoms with Gasteiger partial charge in [0, 0.05) is 0 Å². The first-order valence-corrected chi connectivity index (χ1v) is 21.8. The van der Waals surface area contributed by atoms with Crippen LogP contribution in [0.15, 0.2) is 101 Å². The number of phenolic OH excluding ortho intramolecular Hbond substituents is 1. The van der Waals surface area contributed by atoms with Gasteiger partial charge in [-0.1, -0.05) is 13.5 Å². The van der Waals surface area contributed by atoms with Crippen molar-refractivity contribution in [3.63, 3.8) is 0 Å². The Balaban J connectivity index is 0. The van der Waals surface area contributed by atoms with E-state index < -0.39 is 92.6 Å². The van der Waals surface area contributed by atoms with E-state index in [0.29, 0.717) is 0 Å². The molecule has 4 aromatic rings. The van der Waals surface area contributed by atoms with Gasteiger partial charge in [-0.2, -0.15) is 14.6 Å². The van der Waals surface area contributed by atoms with E-state index in [-0.39, 0.29) is 187 Å². The summed E-state index contributed by atoms with van der Waals surface area (Å²) in [6, 6.07) is 11.0. The van der Waals surface area contributed by atoms with Crippen molar-refractivity contribution in [2.45, 2.75) is 27.0 Å². The first kappa shape index (κ1) is 63.1. The molecule has 3 N–H and O–H groups in total. The first-order valence-electron chi connectivity index (χ1n) is 14.3. The maximum atomic E-state index is 12.7. The van der Waals surface area contributed by atoms with E-state index in [1.165, 1.54) is 18.2 Å². The van der Waals surface area contributed by atoms with Crippen molar-refractivity contribution >= 4 is 104 Å². The molecule has 4 rings (SSSR count). The number of anilines is 1. The number of nitrogen functional groups attached to an aromatic ring is 1. The van der Waals surface area contributed by atoms with Crippen molar-refractivity contribution in [1.82, 2.24) is 0 Å². The molecular weight excluding hydrogens is 983 g/mol. The first-order chi connectivity index (χ1) is 26.3. The van der Waals surface area contributed by atoms with E-state index in [4.69, 9.17) is 9.92 Å². The summed E-state index contributed by atoms with van der Waals surface area (Å²) in [5, 5.41) is 53.1. The molecule has 34 heteroatoms. The molecule has 0 aromatic heterocycles. The molecule has 0 atom stereocenters. The number of azo groups is 2. The molecule has 0 fully saturated rings. The van der Waals surface area contributed by atoms with Crippen molar-refractivity contribution in [1.29, 1.82) is 0 Å². The number of rotatable bonds is 20. The van der Waals surface area contributed by atoms with Gasteiger partial charge in [0.05, 0.1) is 78.8 Å². The summed E-state index contributed by atoms with van der Waals surface area (Å²) in [4.78, 5) is -1.87. The van der Waals surface area contributed by atoms with Crippen molar-refractivity contribution in [2.75, 3.05) is 30.5 Å². The summed E-state index contributed by atoms with van der Waals surface area (Å²) in [6.45, 7) is -1.37. The van der Waals surface area contributed by atoms with Gasteiger partial charge in [-0.25, -0.2) is 33.7 Å². The number of hydrogen-bond acceptors (Lipinski definition) is 26. The Labute approximate surface area is 445 Å². The van der Waals surface area contributed by atoms with Crippen LogP contribution in [0.4, 0.5) is 28.4 Å². The number of benzene rings is 4. The topological polar surface area (TPSA) is 380 Å². The van der Waals surface area contributed by atoms with Crippen molar-refractivity contribution in [3.05, 3.63) is 60.7 Å². The Morgan fingerprint density at radius 2 is 1.26 bits per heavy atom. The second-order valence-corrected chi connectivity index (χ2v) is 18.1. The number of hydrogen-bond donors (Lipinski definition) is 2. The van der Waals surface area contributed by atoms with Gasteiger partial charge >= 0.3 is 118 Å². The van der Waals surface area contributed by atoms with Gasteiger partial charge in [-0.3, -0.25) is 18.4 Å². The number of sulfone groups is 2. The molecule has 0 heterocycles. The molecule has 4 aromatic carbocycles. The molecule has 0 spiro atoms. The van der Waals surface area contributed by atoms with Crippen molar-refractivity contribution < 1.29 is 204 Å². The molecule has 0 radical (unpaired) electrons. The van der Waals surface area contributed by atoms with E-state index in [1.54, 1.807) is 0 Å². The smallest absolute Gasteiger partial charge is 0.744 e. The molecule has 0 saturated heterocycles. The monoisotopic (exact) mass is 1010 g/mol. The van der Waals surface area contributed by atoms with Gasteiger partial charge in [-0.15, -0.1) is 14.6 Å². The number of nitrogens with two attached hydrogens (primary N) is 1. The third-order valence-electron chi connectivity index (χ3n) is 6.76. The molecule has 0 aliphatic rings. The largest absolute Gasteiger partial charge is 1.00 e. The molecule has 0 bridgehead atoms. The fourth-order valence-electron chi connectivity index (χ4n) is 4.38. The van der Waals surface area contributed by atoms with Gasteiger partial charge in [0.2, 0.25) is 10.4 Å². The third kappa shape index (κ3) is 18.7. The second kappa shape index (κ2) is 28.3. The Morgan fingerprint density at radius 1 is 0.689 bits per heavy atom. The Morgan fingerprint density at radius 3 is 1.85 bits per heavy atom. The van der Waals surface area contributed by atoms with Crippen molar-refractivity contribution in [2.24, 2.45) is 20.5 Å². The van der Waals surface area contributed by atoms with Gasteiger partial charge < -0.3 is 30.5 Å². The molecule has 0 aliphatic carbocycles. The molecule has 0 unspecified atom stereocenters. The van der Waals surface area contributed by atoms with E-state index in [9.17, 15) is 58.4 Å². The zero-order chi connectivity index (χ0) is 41.3. The average Bonchev–Trinajstić information content (AvgIpc) is 3.12. The molecule has 0 amide bonds. The molecule has 61 heavy (non-hydrogen) atoms. The third-order valence-corrected chi connectivity index (χ3v) is 12.4. The maximum Gasteiger partial charge on any atom is 1.00 e. The maximum absolute atomic E-state index is 12.7. The van der Waals surface area contributed by atoms with Crippen LogP contribution in [-0.2, 0) is 67.3 Å². The average molecular weight is 1010 g/mol. The number of nitrogens with zero attached hydrogens (tertiary/aromatic N) is 4. The van der Waals surface area contributed by atoms with Crippen LogP contribution in [0.5, 0.6) is 5.75 Å². The van der Waals surface area contributed by atoms with E-state index in [1.807, 2.05) is 0 Å². The summed E-state index contributed by atoms with van der Waals surface area (Å²) < 4.78 is 136. The van der Waals surface area contributed by atoms with Crippen LogP contribution in [-0.4, -0.2) is 72.6 Å². The molecule has 0 saturated carbocycles. The Bertz CT molecular complexity index is 2600. The fourth-order valence-corrected chi connectivity index (χ4v) is 8.46. The standard InChI is InChI=1S/C26H25N5O19S6.CH4.4Na/c27-23-22-15(13-21(55(39,40)41)25(23)31-28-16-4-6-18(7-5-16)53(35,36)11-9-46-56(42,43)44)12-20(51-49-47-33)24(26(22)32)30-29-17-2-1-3-19(14-17)54(37,38)10-8-45-52-50-48-34;;;;;/h1-7,12-14,32-34H,8-11,27H2,(H,39,40,41)(H,42,43,44);1H4;;;;/q;;4*+1/p-4. The van der Waals surface area contributed by atoms with Gasteiger partial charge in [0.1, 0.15) is 21.5 Å². The zero-order valence-corrected chi connectivity index (χ0v) is 44.1. The Kier molecular flexibility index (Phi) is 29.3. The van der Waals surface area contributed by atoms with Crippen LogP contribution in [0.3, 0.4) is 0 Å². The van der Waals surface area contributed by atoms with Crippen LogP contribution in [0.2, 0.25) is 0 Å². The number of aromatic hydroxyl groups is 1. The summed E-state index contributed by atoms with van der Waals surface area (Å²) in [7, 11) is -18.7. The predicted octanol–water partition coefficient (Wildman–Crippen LogP) is -9.43. The fraction of sp³-hybridized carbons (Fsp3) is 0.185. The second-order valence-electron chi connectivity index (χ2n) is 10.3. The minimum absolute atomic E-state index is 0. The SMILES string of the molecule is C.Nc1c(N=Nc2ccc(S(=O)(=O)CCOS(=O)(=O)[O-])cc2)c(S(=O)(=O)[O-])cc2cc(SOO[O-])c(N=Nc3cccc(S(=O)(=O)CCOSOO[O-])c3)c(O)c12.[Na+].[Na+].[Na+].[Na+]. The normalized spacial score (nSPS) is 11.9. The van der Waals surface area contributed by atoms with Crippen LogP contribution in [0.25, 0.3) is 10.8 Å². The molecule has 312 valence electrons. The van der Waals surface area contributed by atoms with Crippen LogP contribution < -0.4 is 134 Å². The number of fused-ring (bicyclic) bond motifs is 1. The minimum Gasteiger partial charge on any atom is -0.744 e. The van der Waals surface area contributed by atoms with Gasteiger partial charge in [0.15, 0.2) is 37.7 Å². The van der Waals surface area contributed by atoms with Crippen LogP contribution >= 0.6 is 24.4 Å². The summed E-state index contributed by atoms with van der Waals surface area (Å²) in [5.41, 5.74) is 4.14. The van der Waals surface area contributed by atoms with E-state index >= 15 is 0 Å². The van der Waals surface area contributed by atoms with Crippen LogP contribution in [0, 0.1) is 0 Å². The van der Waals surface area contributed by atoms with Crippen molar-refractivity contribution in [3.8, 4) is 5.75 Å². The van der Waals surface area contributed by atoms with E-state index in [0.717, 1.165) is 42.5 Å². The predicted molar refractivity (Wildman–Crippen MR) is 189 cm³/mol. The molecular formula is C27H25N5Na4O19S6. The van der Waals surface area contributed by atoms with Gasteiger partial charge in [-0.05, 0) is 60.0 Å². The minimum atomic E-state index is -5.38. The summed E-state index contributed by atoms with van der Waals surface area (Å²) in [6.07, 6.45) is 0. The Hall–Kier alpha value is 0.0400. The number of phenols is 1.